The summed E-state index contributed by atoms with van der Waals surface area (Å²) in [5, 5.41) is 2.98. The number of aromatic nitrogens is 4. The van der Waals surface area contributed by atoms with Gasteiger partial charge in [0.05, 0.1) is 25.1 Å². The molecule has 0 aliphatic carbocycles. The van der Waals surface area contributed by atoms with E-state index in [4.69, 9.17) is 20.0 Å². The molecule has 3 atom stereocenters. The molecular weight excluding hydrogens is 380 g/mol. The first-order chi connectivity index (χ1) is 13.9. The van der Waals surface area contributed by atoms with Gasteiger partial charge in [-0.25, -0.2) is 10.4 Å². The molecule has 1 fully saturated rings. The van der Waals surface area contributed by atoms with E-state index in [2.05, 4.69) is 38.2 Å². The highest BCUT2D eigenvalue weighted by molar-refractivity contribution is 5.84. The van der Waals surface area contributed by atoms with Crippen LogP contribution in [-0.2, 0) is 19.1 Å². The van der Waals surface area contributed by atoms with E-state index in [0.717, 1.165) is 6.42 Å². The lowest BCUT2D eigenvalue weighted by molar-refractivity contribution is -0.148. The summed E-state index contributed by atoms with van der Waals surface area (Å²) >= 11 is 0. The second-order valence-corrected chi connectivity index (χ2v) is 7.17. The van der Waals surface area contributed by atoms with Crippen molar-refractivity contribution in [2.75, 3.05) is 31.2 Å². The number of rotatable bonds is 9. The number of hydrogen-bond donors (Lipinski definition) is 4. The first kappa shape index (κ1) is 21.2. The van der Waals surface area contributed by atoms with E-state index in [1.54, 1.807) is 27.2 Å². The minimum Gasteiger partial charge on any atom is -0.462 e. The lowest BCUT2D eigenvalue weighted by atomic mass is 10.1. The molecule has 1 aliphatic heterocycles. The molecule has 1 aliphatic rings. The van der Waals surface area contributed by atoms with Crippen LogP contribution in [-0.4, -0.2) is 57.9 Å². The Kier molecular flexibility index (Phi) is 6.79. The molecule has 0 aromatic carbocycles. The molecule has 12 heteroatoms. The number of hydrogen-bond acceptors (Lipinski definition) is 11. The molecule has 0 bridgehead atoms. The van der Waals surface area contributed by atoms with Crippen molar-refractivity contribution in [2.45, 2.75) is 45.6 Å². The number of hydrazine groups is 1. The molecule has 0 radical (unpaired) electrons. The standard InChI is InChI=1S/C17H28N8O4/c1-9(2)28-12(26)6-21-24-27-7-11-5-10(3)16(29-11)25-8-20-13-14(19-4)22-17(18)23-15(13)25/h8-11,16,21,24H,5-7H2,1-4H3,(H3,18,19,22,23)/t10-,11?,16?/m0/s1. The van der Waals surface area contributed by atoms with Crippen LogP contribution < -0.4 is 22.1 Å². The third-order valence-electron chi connectivity index (χ3n) is 4.42. The molecule has 2 aromatic heterocycles. The normalized spacial score (nSPS) is 21.8. The lowest BCUT2D eigenvalue weighted by Gasteiger charge is -2.18. The van der Waals surface area contributed by atoms with Gasteiger partial charge in [0, 0.05) is 13.0 Å². The zero-order valence-corrected chi connectivity index (χ0v) is 17.0. The van der Waals surface area contributed by atoms with Gasteiger partial charge in [0.1, 0.15) is 12.8 Å². The summed E-state index contributed by atoms with van der Waals surface area (Å²) in [6, 6.07) is 0. The zero-order valence-electron chi connectivity index (χ0n) is 17.0. The third-order valence-corrected chi connectivity index (χ3v) is 4.42. The highest BCUT2D eigenvalue weighted by Gasteiger charge is 2.35. The van der Waals surface area contributed by atoms with E-state index in [1.807, 2.05) is 4.57 Å². The number of nitrogens with two attached hydrogens (primary N) is 1. The van der Waals surface area contributed by atoms with Crippen molar-refractivity contribution >= 4 is 28.9 Å². The second-order valence-electron chi connectivity index (χ2n) is 7.17. The zero-order chi connectivity index (χ0) is 21.0. The van der Waals surface area contributed by atoms with Crippen molar-refractivity contribution in [2.24, 2.45) is 5.92 Å². The van der Waals surface area contributed by atoms with Crippen molar-refractivity contribution in [1.29, 1.82) is 0 Å². The van der Waals surface area contributed by atoms with Crippen molar-refractivity contribution < 1.29 is 19.1 Å². The molecule has 1 saturated heterocycles. The summed E-state index contributed by atoms with van der Waals surface area (Å²) in [5.74, 6) is 0.587. The summed E-state index contributed by atoms with van der Waals surface area (Å²) in [6.45, 7) is 5.98. The van der Waals surface area contributed by atoms with Gasteiger partial charge in [0.2, 0.25) is 5.95 Å². The van der Waals surface area contributed by atoms with E-state index in [9.17, 15) is 4.79 Å². The quantitative estimate of drug-likeness (QED) is 0.258. The van der Waals surface area contributed by atoms with Gasteiger partial charge in [-0.2, -0.15) is 9.97 Å². The maximum absolute atomic E-state index is 11.4. The predicted octanol–water partition coefficient (Wildman–Crippen LogP) is 0.351. The van der Waals surface area contributed by atoms with Gasteiger partial charge < -0.3 is 20.5 Å². The van der Waals surface area contributed by atoms with Gasteiger partial charge in [0.15, 0.2) is 17.0 Å². The Morgan fingerprint density at radius 1 is 1.45 bits per heavy atom. The first-order valence-corrected chi connectivity index (χ1v) is 9.51. The highest BCUT2D eigenvalue weighted by Crippen LogP contribution is 2.36. The molecule has 0 saturated carbocycles. The van der Waals surface area contributed by atoms with Crippen LogP contribution in [0.1, 0.15) is 33.4 Å². The molecular formula is C17H28N8O4. The average Bonchev–Trinajstić information content (AvgIpc) is 3.23. The number of anilines is 2. The van der Waals surface area contributed by atoms with Gasteiger partial charge in [-0.15, -0.1) is 5.59 Å². The Morgan fingerprint density at radius 3 is 2.97 bits per heavy atom. The largest absolute Gasteiger partial charge is 0.462 e. The van der Waals surface area contributed by atoms with Gasteiger partial charge in [0.25, 0.3) is 0 Å². The van der Waals surface area contributed by atoms with Crippen molar-refractivity contribution in [3.8, 4) is 0 Å². The highest BCUT2D eigenvalue weighted by atomic mass is 16.7. The number of carbonyl (C=O) groups excluding carboxylic acids is 1. The Morgan fingerprint density at radius 2 is 2.24 bits per heavy atom. The van der Waals surface area contributed by atoms with Crippen molar-refractivity contribution in [3.05, 3.63) is 6.33 Å². The van der Waals surface area contributed by atoms with Crippen LogP contribution in [0.4, 0.5) is 11.8 Å². The van der Waals surface area contributed by atoms with Crippen LogP contribution in [0.5, 0.6) is 0 Å². The average molecular weight is 408 g/mol. The fraction of sp³-hybridized carbons (Fsp3) is 0.647. The Labute approximate surface area is 168 Å². The number of nitrogens with one attached hydrogen (secondary N) is 3. The molecule has 12 nitrogen and oxygen atoms in total. The number of carbonyl (C=O) groups is 1. The minimum atomic E-state index is -0.365. The Balaban J connectivity index is 1.53. The maximum Gasteiger partial charge on any atom is 0.321 e. The number of imidazole rings is 1. The maximum atomic E-state index is 11.4. The molecule has 160 valence electrons. The summed E-state index contributed by atoms with van der Waals surface area (Å²) in [5.41, 5.74) is 12.3. The topological polar surface area (TPSA) is 150 Å². The minimum absolute atomic E-state index is 0.00131. The monoisotopic (exact) mass is 408 g/mol. The van der Waals surface area contributed by atoms with Crippen LogP contribution in [0.3, 0.4) is 0 Å². The summed E-state index contributed by atoms with van der Waals surface area (Å²) < 4.78 is 13.0. The smallest absolute Gasteiger partial charge is 0.321 e. The second kappa shape index (κ2) is 9.31. The van der Waals surface area contributed by atoms with E-state index in [0.29, 0.717) is 23.6 Å². The van der Waals surface area contributed by atoms with Gasteiger partial charge in [-0.1, -0.05) is 6.92 Å². The van der Waals surface area contributed by atoms with Crippen LogP contribution >= 0.6 is 0 Å². The summed E-state index contributed by atoms with van der Waals surface area (Å²) in [6.07, 6.45) is 1.94. The molecule has 3 heterocycles. The third kappa shape index (κ3) is 5.09. The number of nitrogens with zero attached hydrogens (tertiary/aromatic N) is 4. The molecule has 3 rings (SSSR count). The Bertz CT molecular complexity index is 842. The fourth-order valence-corrected chi connectivity index (χ4v) is 3.26. The summed E-state index contributed by atoms with van der Waals surface area (Å²) in [7, 11) is 1.76. The Hall–Kier alpha value is -2.54. The van der Waals surface area contributed by atoms with Crippen molar-refractivity contribution in [1.82, 2.24) is 30.5 Å². The lowest BCUT2D eigenvalue weighted by Crippen LogP contribution is -2.39. The van der Waals surface area contributed by atoms with Crippen LogP contribution in [0.25, 0.3) is 11.2 Å². The summed E-state index contributed by atoms with van der Waals surface area (Å²) in [4.78, 5) is 29.7. The fourth-order valence-electron chi connectivity index (χ4n) is 3.26. The number of fused-ring (bicyclic) bond motifs is 1. The van der Waals surface area contributed by atoms with Crippen LogP contribution in [0.15, 0.2) is 6.33 Å². The van der Waals surface area contributed by atoms with Crippen LogP contribution in [0.2, 0.25) is 0 Å². The number of nitrogen functional groups attached to an aromatic ring is 1. The van der Waals surface area contributed by atoms with Gasteiger partial charge in [-0.05, 0) is 20.3 Å². The van der Waals surface area contributed by atoms with Gasteiger partial charge >= 0.3 is 5.97 Å². The van der Waals surface area contributed by atoms with E-state index in [-0.39, 0.29) is 42.8 Å². The van der Waals surface area contributed by atoms with E-state index >= 15 is 0 Å². The first-order valence-electron chi connectivity index (χ1n) is 9.51. The number of esters is 1. The van der Waals surface area contributed by atoms with Crippen LogP contribution in [0, 0.1) is 5.92 Å². The van der Waals surface area contributed by atoms with E-state index < -0.39 is 0 Å². The molecule has 29 heavy (non-hydrogen) atoms. The molecule has 2 unspecified atom stereocenters. The molecule has 0 spiro atoms. The predicted molar refractivity (Wildman–Crippen MR) is 105 cm³/mol. The SMILES string of the molecule is CNc1nc(N)nc2c1ncn2C1OC(CONNCC(=O)OC(C)C)C[C@@H]1C. The van der Waals surface area contributed by atoms with Crippen molar-refractivity contribution in [3.63, 3.8) is 0 Å². The number of ether oxygens (including phenoxy) is 2. The molecule has 5 N–H and O–H groups in total. The van der Waals surface area contributed by atoms with Gasteiger partial charge in [-0.3, -0.25) is 14.2 Å². The molecule has 0 amide bonds. The van der Waals surface area contributed by atoms with E-state index in [1.165, 1.54) is 0 Å². The molecule has 2 aromatic rings.